The van der Waals surface area contributed by atoms with E-state index in [0.29, 0.717) is 33.5 Å². The first kappa shape index (κ1) is 78.7. The van der Waals surface area contributed by atoms with E-state index < -0.39 is 52.8 Å². The van der Waals surface area contributed by atoms with E-state index in [1.54, 1.807) is 65.3 Å². The highest BCUT2D eigenvalue weighted by atomic mass is 32.1. The monoisotopic (exact) mass is 1510 g/mol. The molecule has 0 saturated carbocycles. The van der Waals surface area contributed by atoms with Crippen LogP contribution < -0.4 is 16.8 Å². The molecular formula is C63H69F6N21O9S4. The molecule has 0 fully saturated rings. The fourth-order valence-corrected chi connectivity index (χ4v) is 13.0. The van der Waals surface area contributed by atoms with Gasteiger partial charge in [0.1, 0.15) is 76.6 Å². The number of rotatable bonds is 16. The number of pyridine rings is 6. The normalized spacial score (nSPS) is 12.8. The van der Waals surface area contributed by atoms with Crippen molar-refractivity contribution in [2.75, 3.05) is 45.2 Å². The molecule has 0 spiro atoms. The Morgan fingerprint density at radius 2 is 0.961 bits per heavy atom. The lowest BCUT2D eigenvalue weighted by Crippen LogP contribution is -2.27. The molecule has 1 amide bonds. The maximum absolute atomic E-state index is 13.6. The van der Waals surface area contributed by atoms with Crippen molar-refractivity contribution in [3.05, 3.63) is 132 Å². The second-order valence-corrected chi connectivity index (χ2v) is 28.0. The Bertz CT molecular complexity index is 4950. The molecule has 0 bridgehead atoms. The van der Waals surface area contributed by atoms with Crippen LogP contribution in [0.5, 0.6) is 0 Å². The van der Waals surface area contributed by atoms with Crippen molar-refractivity contribution in [2.45, 2.75) is 131 Å². The maximum Gasteiger partial charge on any atom is 0.420 e. The quantitative estimate of drug-likeness (QED) is 0.0653. The van der Waals surface area contributed by atoms with Gasteiger partial charge in [-0.05, 0) is 120 Å². The van der Waals surface area contributed by atoms with Crippen LogP contribution >= 0.6 is 45.3 Å². The summed E-state index contributed by atoms with van der Waals surface area (Å²) in [6.07, 6.45) is -0.385. The largest absolute Gasteiger partial charge is 0.478 e. The zero-order chi connectivity index (χ0) is 75.6. The number of nitrogens with zero attached hydrogens (tertiary/aromatic N) is 18. The molecule has 4 atom stereocenters. The number of fused-ring (bicyclic) bond motifs is 4. The Hall–Kier alpha value is -9.97. The fourth-order valence-electron chi connectivity index (χ4n) is 9.92. The predicted molar refractivity (Wildman–Crippen MR) is 372 cm³/mol. The highest BCUT2D eigenvalue weighted by Crippen LogP contribution is 2.39. The van der Waals surface area contributed by atoms with Gasteiger partial charge in [0.25, 0.3) is 0 Å². The van der Waals surface area contributed by atoms with E-state index in [1.165, 1.54) is 46.4 Å². The first-order valence-electron chi connectivity index (χ1n) is 30.5. The van der Waals surface area contributed by atoms with Gasteiger partial charge in [0, 0.05) is 82.1 Å². The number of methoxy groups -OCH3 is 4. The smallest absolute Gasteiger partial charge is 0.420 e. The number of tetrazole rings is 2. The zero-order valence-corrected chi connectivity index (χ0v) is 61.1. The van der Waals surface area contributed by atoms with E-state index >= 15 is 0 Å². The van der Waals surface area contributed by atoms with Crippen molar-refractivity contribution in [1.82, 2.24) is 90.3 Å². The van der Waals surface area contributed by atoms with Crippen molar-refractivity contribution in [1.29, 1.82) is 0 Å². The van der Waals surface area contributed by atoms with Crippen LogP contribution in [-0.4, -0.2) is 147 Å². The van der Waals surface area contributed by atoms with Crippen LogP contribution in [0, 0.1) is 27.7 Å². The molecule has 12 aromatic heterocycles. The Kier molecular flexibility index (Phi) is 25.6. The second-order valence-electron chi connectivity index (χ2n) is 23.2. The minimum Gasteiger partial charge on any atom is -0.478 e. The molecule has 12 heterocycles. The number of alkyl halides is 6. The standard InChI is InChI=1S/C20H18F3N7O2S.C15H21N3O3S.C11H12N2O3S.C10H13N3OS.C7H5F3N6/c1-10(32-3)16-13(8-25-19-17(16)27-11(2)33-19)6-14(31)4-12-5-15(20(21,22)23)18(24-7-12)30-9-26-28-29-30;1-8(20-6)11-10(18-14(19)21-15(3,4)5)7-16-13-12(11)17-9(2)22-13;1-5(16-3)8-7(11(14)15)4-12-10-9(8)13-6(2)17-10;1-5(14-3)8-7(11)4-12-10-9(8)13-6(2)15-10;8-7(9,10)5-1-4(11)2-12-6(5)16-3-13-14-15-16/h5,7-10H,4,6H2,1-3H3;7-8H,1-6H3,(H,18,19);4-5H,1-3H3,(H,14,15);4-5H,11H2,1-3H3;1-3H,11H2/t10-;8-;2*5-;/m0000./s1. The highest BCUT2D eigenvalue weighted by Gasteiger charge is 2.37. The summed E-state index contributed by atoms with van der Waals surface area (Å²) in [6.45, 7) is 20.6. The Labute approximate surface area is 598 Å². The van der Waals surface area contributed by atoms with Crippen LogP contribution in [0.25, 0.3) is 53.0 Å². The summed E-state index contributed by atoms with van der Waals surface area (Å²) in [4.78, 5) is 81.6. The molecule has 6 N–H and O–H groups in total. The average molecular weight is 1510 g/mol. The number of aryl methyl sites for hydroxylation is 4. The topological polar surface area (TPSA) is 398 Å². The van der Waals surface area contributed by atoms with E-state index in [4.69, 9.17) is 40.3 Å². The van der Waals surface area contributed by atoms with E-state index in [9.17, 15) is 40.7 Å². The number of carboxylic acids is 1. The molecule has 103 heavy (non-hydrogen) atoms. The summed E-state index contributed by atoms with van der Waals surface area (Å²) in [5.41, 5.74) is 16.6. The molecule has 30 nitrogen and oxygen atoms in total. The van der Waals surface area contributed by atoms with Crippen molar-refractivity contribution in [3.8, 4) is 11.6 Å². The van der Waals surface area contributed by atoms with Gasteiger partial charge in [-0.25, -0.2) is 59.4 Å². The summed E-state index contributed by atoms with van der Waals surface area (Å²) in [6, 6.07) is 1.68. The Morgan fingerprint density at radius 3 is 1.43 bits per heavy atom. The van der Waals surface area contributed by atoms with E-state index in [1.807, 2.05) is 69.2 Å². The molecule has 0 unspecified atom stereocenters. The number of hydrogen-bond donors (Lipinski definition) is 4. The van der Waals surface area contributed by atoms with Gasteiger partial charge in [0.05, 0.1) is 85.7 Å². The lowest BCUT2D eigenvalue weighted by molar-refractivity contribution is -0.138. The Morgan fingerprint density at radius 1 is 0.544 bits per heavy atom. The van der Waals surface area contributed by atoms with Gasteiger partial charge in [-0.15, -0.1) is 10.2 Å². The number of carbonyl (C=O) groups excluding carboxylic acids is 2. The first-order valence-corrected chi connectivity index (χ1v) is 33.8. The number of carboxylic acid groups (broad SMARTS) is 1. The molecule has 40 heteroatoms. The van der Waals surface area contributed by atoms with Crippen LogP contribution in [-0.2, 0) is 53.7 Å². The summed E-state index contributed by atoms with van der Waals surface area (Å²) >= 11 is 5.96. The molecule has 0 radical (unpaired) electrons. The van der Waals surface area contributed by atoms with Gasteiger partial charge in [0.2, 0.25) is 0 Å². The molecule has 0 aliphatic heterocycles. The number of ketones is 1. The van der Waals surface area contributed by atoms with Crippen LogP contribution in [0.2, 0.25) is 0 Å². The number of anilines is 3. The number of Topliss-reactive ketones (excluding diaryl/α,β-unsaturated/α-hetero) is 1. The van der Waals surface area contributed by atoms with Gasteiger partial charge in [-0.3, -0.25) is 10.1 Å². The lowest BCUT2D eigenvalue weighted by atomic mass is 9.97. The SMILES string of the molecule is CO[C@@H](C)c1c(C(=O)O)cnc2sc(C)nc12.CO[C@@H](C)c1c(CC(=O)Cc2cnc(-n3cnnn3)c(C(F)(F)F)c2)cnc2sc(C)nc12.CO[C@@H](C)c1c(N)cnc2sc(C)nc12.CO[C@@H](C)c1c(NC(=O)OC(C)(C)C)cnc2sc(C)nc12.Nc1cnc(-n2cnnn2)c(C(F)(F)F)c1. The van der Waals surface area contributed by atoms with Gasteiger partial charge < -0.3 is 40.3 Å². The van der Waals surface area contributed by atoms with Crippen molar-refractivity contribution in [2.24, 2.45) is 0 Å². The molecule has 0 aliphatic carbocycles. The number of halogens is 6. The number of amides is 1. The number of carbonyl (C=O) groups is 3. The molecular weight excluding hydrogens is 1440 g/mol. The third-order valence-electron chi connectivity index (χ3n) is 14.7. The minimum absolute atomic E-state index is 0.0291. The molecule has 546 valence electrons. The third-order valence-corrected chi connectivity index (χ3v) is 18.2. The lowest BCUT2D eigenvalue weighted by Gasteiger charge is -2.21. The van der Waals surface area contributed by atoms with Crippen molar-refractivity contribution in [3.63, 3.8) is 0 Å². The predicted octanol–water partition coefficient (Wildman–Crippen LogP) is 12.9. The van der Waals surface area contributed by atoms with Crippen molar-refractivity contribution < 1.29 is 69.5 Å². The first-order chi connectivity index (χ1) is 48.5. The average Bonchev–Trinajstić information content (AvgIpc) is 1.74. The van der Waals surface area contributed by atoms with Gasteiger partial charge in [-0.1, -0.05) is 45.3 Å². The number of nitrogens with one attached hydrogen (secondary N) is 1. The van der Waals surface area contributed by atoms with Crippen molar-refractivity contribution >= 4 is 122 Å². The number of hydrogen-bond acceptors (Lipinski definition) is 30. The number of nitrogen functional groups attached to an aromatic ring is 2. The van der Waals surface area contributed by atoms with Gasteiger partial charge >= 0.3 is 24.4 Å². The number of aromatic carboxylic acids is 1. The van der Waals surface area contributed by atoms with E-state index in [0.717, 1.165) is 107 Å². The maximum atomic E-state index is 13.6. The van der Waals surface area contributed by atoms with Crippen LogP contribution in [0.4, 0.5) is 48.2 Å². The van der Waals surface area contributed by atoms with Crippen LogP contribution in [0.15, 0.2) is 62.0 Å². The molecule has 0 aromatic carbocycles. The zero-order valence-electron chi connectivity index (χ0n) is 57.8. The molecule has 0 saturated heterocycles. The summed E-state index contributed by atoms with van der Waals surface area (Å²) in [7, 11) is 6.38. The number of nitrogens with two attached hydrogens (primary N) is 2. The minimum atomic E-state index is -4.70. The third kappa shape index (κ3) is 19.6. The second kappa shape index (κ2) is 33.4. The number of aromatic nitrogens is 18. The molecule has 0 aliphatic rings. The summed E-state index contributed by atoms with van der Waals surface area (Å²) < 4.78 is 107. The number of ether oxygens (including phenoxy) is 5. The van der Waals surface area contributed by atoms with Gasteiger partial charge in [-0.2, -0.15) is 35.7 Å². The molecule has 12 aromatic rings. The van der Waals surface area contributed by atoms with E-state index in [2.05, 4.69) is 86.2 Å². The van der Waals surface area contributed by atoms with Gasteiger partial charge in [0.15, 0.2) is 11.6 Å². The van der Waals surface area contributed by atoms with Crippen LogP contribution in [0.3, 0.4) is 0 Å². The number of thiazole rings is 4. The highest BCUT2D eigenvalue weighted by molar-refractivity contribution is 7.19. The Balaban J connectivity index is 0.000000169. The summed E-state index contributed by atoms with van der Waals surface area (Å²) in [5, 5.41) is 35.5. The van der Waals surface area contributed by atoms with Crippen LogP contribution in [0.1, 0.15) is 148 Å². The summed E-state index contributed by atoms with van der Waals surface area (Å²) in [5.74, 6) is -2.18. The van der Waals surface area contributed by atoms with E-state index in [-0.39, 0.29) is 59.9 Å². The fraction of sp³-hybridized carbons (Fsp3) is 0.381. The molecule has 12 rings (SSSR count).